The van der Waals surface area contributed by atoms with Crippen LogP contribution in [0.3, 0.4) is 0 Å². The largest absolute Gasteiger partial charge is 0.378 e. The van der Waals surface area contributed by atoms with E-state index in [4.69, 9.17) is 4.74 Å². The number of hydrogen-bond acceptors (Lipinski definition) is 5. The molecule has 3 rings (SSSR count). The Labute approximate surface area is 140 Å². The average molecular weight is 334 g/mol. The molecule has 0 aromatic carbocycles. The maximum atomic E-state index is 12.8. The van der Waals surface area contributed by atoms with Crippen LogP contribution in [-0.4, -0.2) is 45.3 Å². The van der Waals surface area contributed by atoms with Gasteiger partial charge < -0.3 is 9.64 Å². The summed E-state index contributed by atoms with van der Waals surface area (Å²) in [6.07, 6.45) is 7.10. The number of hydrogen-bond donors (Lipinski definition) is 0. The summed E-state index contributed by atoms with van der Waals surface area (Å²) in [5.74, 6) is 0.0252. The van der Waals surface area contributed by atoms with Crippen molar-refractivity contribution in [2.45, 2.75) is 45.4 Å². The minimum absolute atomic E-state index is 0.0252. The Kier molecular flexibility index (Phi) is 5.07. The number of nitrogens with zero attached hydrogens (tertiary/aromatic N) is 4. The fourth-order valence-corrected chi connectivity index (χ4v) is 3.72. The first-order valence-electron chi connectivity index (χ1n) is 7.90. The van der Waals surface area contributed by atoms with Crippen molar-refractivity contribution in [3.63, 3.8) is 0 Å². The summed E-state index contributed by atoms with van der Waals surface area (Å²) in [4.78, 5) is 19.2. The van der Waals surface area contributed by atoms with E-state index in [0.717, 1.165) is 42.9 Å². The lowest BCUT2D eigenvalue weighted by Gasteiger charge is -2.35. The van der Waals surface area contributed by atoms with Gasteiger partial charge in [-0.15, -0.1) is 11.3 Å². The van der Waals surface area contributed by atoms with Crippen LogP contribution in [0.2, 0.25) is 0 Å². The highest BCUT2D eigenvalue weighted by Gasteiger charge is 2.29. The molecule has 1 atom stereocenters. The molecular weight excluding hydrogens is 312 g/mol. The maximum absolute atomic E-state index is 12.8. The van der Waals surface area contributed by atoms with Gasteiger partial charge in [-0.1, -0.05) is 0 Å². The van der Waals surface area contributed by atoms with Crippen molar-refractivity contribution in [3.05, 3.63) is 34.0 Å². The summed E-state index contributed by atoms with van der Waals surface area (Å²) in [7, 11) is 1.63. The van der Waals surface area contributed by atoms with Gasteiger partial charge in [0.1, 0.15) is 10.7 Å². The normalized spacial score (nSPS) is 18.3. The first-order valence-corrected chi connectivity index (χ1v) is 8.78. The molecule has 0 saturated carbocycles. The molecular formula is C16H22N4O2S. The highest BCUT2D eigenvalue weighted by atomic mass is 32.1. The molecule has 1 aliphatic heterocycles. The molecule has 0 spiro atoms. The third kappa shape index (κ3) is 3.79. The second-order valence-corrected chi connectivity index (χ2v) is 6.89. The van der Waals surface area contributed by atoms with Gasteiger partial charge in [0.2, 0.25) is 0 Å². The lowest BCUT2D eigenvalue weighted by Crippen LogP contribution is -2.46. The van der Waals surface area contributed by atoms with Crippen molar-refractivity contribution >= 4 is 17.2 Å². The highest BCUT2D eigenvalue weighted by Crippen LogP contribution is 2.22. The molecule has 1 amide bonds. The van der Waals surface area contributed by atoms with Crippen molar-refractivity contribution in [2.75, 3.05) is 13.7 Å². The van der Waals surface area contributed by atoms with Crippen LogP contribution in [0.25, 0.3) is 0 Å². The number of ether oxygens (including phenoxy) is 1. The van der Waals surface area contributed by atoms with Crippen LogP contribution in [0.4, 0.5) is 0 Å². The summed E-state index contributed by atoms with van der Waals surface area (Å²) in [6.45, 7) is 4.02. The third-order valence-corrected chi connectivity index (χ3v) is 4.91. The zero-order valence-electron chi connectivity index (χ0n) is 13.6. The minimum atomic E-state index is 0.0252. The van der Waals surface area contributed by atoms with E-state index in [1.807, 2.05) is 34.3 Å². The molecule has 124 valence electrons. The zero-order chi connectivity index (χ0) is 16.2. The molecule has 2 aromatic heterocycles. The van der Waals surface area contributed by atoms with Gasteiger partial charge in [0.25, 0.3) is 5.91 Å². The molecule has 1 fully saturated rings. The summed E-state index contributed by atoms with van der Waals surface area (Å²) >= 11 is 1.47. The molecule has 0 unspecified atom stereocenters. The smallest absolute Gasteiger partial charge is 0.273 e. The van der Waals surface area contributed by atoms with E-state index >= 15 is 0 Å². The van der Waals surface area contributed by atoms with Crippen LogP contribution >= 0.6 is 11.3 Å². The van der Waals surface area contributed by atoms with Gasteiger partial charge in [-0.05, 0) is 31.7 Å². The molecule has 23 heavy (non-hydrogen) atoms. The predicted octanol–water partition coefficient (Wildman–Crippen LogP) is 2.49. The number of likely N-dealkylation sites (tertiary alicyclic amines) is 1. The fourth-order valence-electron chi connectivity index (χ4n) is 2.99. The van der Waals surface area contributed by atoms with Crippen LogP contribution in [-0.2, 0) is 17.9 Å². The molecule has 0 aliphatic carbocycles. The number of aryl methyl sites for hydroxylation is 1. The Hall–Kier alpha value is -1.73. The number of carbonyl (C=O) groups is 1. The molecule has 7 heteroatoms. The van der Waals surface area contributed by atoms with Crippen LogP contribution in [0.1, 0.15) is 40.3 Å². The van der Waals surface area contributed by atoms with E-state index in [1.54, 1.807) is 7.11 Å². The molecule has 0 N–H and O–H groups in total. The Balaban J connectivity index is 1.73. The first kappa shape index (κ1) is 16.1. The molecule has 0 bridgehead atoms. The maximum Gasteiger partial charge on any atom is 0.273 e. The van der Waals surface area contributed by atoms with Gasteiger partial charge in [0.15, 0.2) is 0 Å². The summed E-state index contributed by atoms with van der Waals surface area (Å²) in [5.41, 5.74) is 1.67. The lowest BCUT2D eigenvalue weighted by atomic mass is 10.0. The molecule has 2 aromatic rings. The molecule has 1 aliphatic rings. The second-order valence-electron chi connectivity index (χ2n) is 5.95. The van der Waals surface area contributed by atoms with E-state index in [0.29, 0.717) is 12.3 Å². The van der Waals surface area contributed by atoms with E-state index in [1.165, 1.54) is 11.3 Å². The zero-order valence-corrected chi connectivity index (χ0v) is 14.4. The summed E-state index contributed by atoms with van der Waals surface area (Å²) in [5, 5.41) is 7.03. The minimum Gasteiger partial charge on any atom is -0.378 e. The number of aromatic nitrogens is 3. The fraction of sp³-hybridized carbons (Fsp3) is 0.562. The van der Waals surface area contributed by atoms with Crippen molar-refractivity contribution in [1.82, 2.24) is 19.7 Å². The van der Waals surface area contributed by atoms with Crippen LogP contribution in [0.15, 0.2) is 17.8 Å². The number of rotatable bonds is 5. The average Bonchev–Trinajstić information content (AvgIpc) is 3.17. The Morgan fingerprint density at radius 1 is 1.48 bits per heavy atom. The highest BCUT2D eigenvalue weighted by molar-refractivity contribution is 7.09. The van der Waals surface area contributed by atoms with Gasteiger partial charge >= 0.3 is 0 Å². The Morgan fingerprint density at radius 3 is 3.09 bits per heavy atom. The second kappa shape index (κ2) is 7.23. The van der Waals surface area contributed by atoms with E-state index in [-0.39, 0.29) is 11.9 Å². The quantitative estimate of drug-likeness (QED) is 0.843. The van der Waals surface area contributed by atoms with Crippen molar-refractivity contribution in [1.29, 1.82) is 0 Å². The van der Waals surface area contributed by atoms with Crippen LogP contribution in [0.5, 0.6) is 0 Å². The molecule has 1 saturated heterocycles. The van der Waals surface area contributed by atoms with E-state index < -0.39 is 0 Å². The topological polar surface area (TPSA) is 60.2 Å². The molecule has 0 radical (unpaired) electrons. The number of carbonyl (C=O) groups excluding carboxylic acids is 1. The van der Waals surface area contributed by atoms with Gasteiger partial charge in [-0.2, -0.15) is 5.10 Å². The van der Waals surface area contributed by atoms with Crippen LogP contribution in [0, 0.1) is 6.92 Å². The standard InChI is InChI=1S/C16H22N4O2S/c1-12-7-17-19(8-12)9-13-5-3-4-6-20(13)16(21)14-11-23-15(18-14)10-22-2/h7-8,11,13H,3-6,9-10H2,1-2H3/t13-/m0/s1. The monoisotopic (exact) mass is 334 g/mol. The predicted molar refractivity (Wildman–Crippen MR) is 88.5 cm³/mol. The van der Waals surface area contributed by atoms with Gasteiger partial charge in [-0.3, -0.25) is 9.48 Å². The van der Waals surface area contributed by atoms with Crippen LogP contribution < -0.4 is 0 Å². The summed E-state index contributed by atoms with van der Waals surface area (Å²) in [6, 6.07) is 0.183. The van der Waals surface area contributed by atoms with E-state index in [2.05, 4.69) is 10.1 Å². The number of amides is 1. The molecule has 3 heterocycles. The Morgan fingerprint density at radius 2 is 2.35 bits per heavy atom. The first-order chi connectivity index (χ1) is 11.2. The van der Waals surface area contributed by atoms with Crippen molar-refractivity contribution in [2.24, 2.45) is 0 Å². The SMILES string of the molecule is COCc1nc(C(=O)N2CCCC[C@H]2Cn2cc(C)cn2)cs1. The number of methoxy groups -OCH3 is 1. The summed E-state index contributed by atoms with van der Waals surface area (Å²) < 4.78 is 7.01. The number of piperidine rings is 1. The van der Waals surface area contributed by atoms with Crippen molar-refractivity contribution in [3.8, 4) is 0 Å². The lowest BCUT2D eigenvalue weighted by molar-refractivity contribution is 0.0578. The van der Waals surface area contributed by atoms with E-state index in [9.17, 15) is 4.79 Å². The van der Waals surface area contributed by atoms with Gasteiger partial charge in [0.05, 0.1) is 25.4 Å². The van der Waals surface area contributed by atoms with Gasteiger partial charge in [0, 0.05) is 25.2 Å². The van der Waals surface area contributed by atoms with Gasteiger partial charge in [-0.25, -0.2) is 4.98 Å². The van der Waals surface area contributed by atoms with Crippen molar-refractivity contribution < 1.29 is 9.53 Å². The number of thiazole rings is 1. The molecule has 6 nitrogen and oxygen atoms in total. The third-order valence-electron chi connectivity index (χ3n) is 4.09. The Bertz CT molecular complexity index is 667.